The molecule has 0 radical (unpaired) electrons. The topological polar surface area (TPSA) is 78.3 Å². The second-order valence-electron chi connectivity index (χ2n) is 6.17. The van der Waals surface area contributed by atoms with Gasteiger partial charge in [-0.2, -0.15) is 4.98 Å². The van der Waals surface area contributed by atoms with E-state index >= 15 is 0 Å². The first-order valence-corrected chi connectivity index (χ1v) is 8.21. The summed E-state index contributed by atoms with van der Waals surface area (Å²) in [5.41, 5.74) is 0.925. The Morgan fingerprint density at radius 1 is 1.58 bits per heavy atom. The molecule has 2 aromatic rings. The number of likely N-dealkylation sites (N-methyl/N-ethyl adjacent to an activating group) is 1. The average Bonchev–Trinajstić information content (AvgIpc) is 3.24. The van der Waals surface area contributed by atoms with Gasteiger partial charge in [-0.15, -0.1) is 0 Å². The summed E-state index contributed by atoms with van der Waals surface area (Å²) in [4.78, 5) is 23.8. The smallest absolute Gasteiger partial charge is 0.246 e. The molecule has 1 saturated heterocycles. The molecular weight excluding hydrogens is 306 g/mol. The van der Waals surface area contributed by atoms with Crippen LogP contribution in [0.15, 0.2) is 28.9 Å². The number of H-pyrrole nitrogens is 1. The van der Waals surface area contributed by atoms with Gasteiger partial charge in [-0.3, -0.25) is 9.69 Å². The highest BCUT2D eigenvalue weighted by atomic mass is 16.5. The van der Waals surface area contributed by atoms with E-state index in [2.05, 4.69) is 20.0 Å². The van der Waals surface area contributed by atoms with E-state index in [9.17, 15) is 4.79 Å². The van der Waals surface area contributed by atoms with Crippen molar-refractivity contribution in [3.63, 3.8) is 0 Å². The van der Waals surface area contributed by atoms with Crippen molar-refractivity contribution in [2.75, 3.05) is 20.1 Å². The number of rotatable bonds is 5. The number of carbonyl (C=O) groups excluding carboxylic acids is 1. The second-order valence-corrected chi connectivity index (χ2v) is 6.17. The fraction of sp³-hybridized carbons (Fsp3) is 0.471. The lowest BCUT2D eigenvalue weighted by molar-refractivity contribution is -0.127. The van der Waals surface area contributed by atoms with Crippen LogP contribution >= 0.6 is 0 Å². The molecule has 7 nitrogen and oxygen atoms in total. The third-order valence-electron chi connectivity index (χ3n) is 4.34. The fourth-order valence-electron chi connectivity index (χ4n) is 3.00. The van der Waals surface area contributed by atoms with E-state index in [0.29, 0.717) is 18.3 Å². The van der Waals surface area contributed by atoms with Crippen molar-refractivity contribution in [1.82, 2.24) is 24.9 Å². The fourth-order valence-corrected chi connectivity index (χ4v) is 3.00. The Morgan fingerprint density at radius 3 is 3.17 bits per heavy atom. The van der Waals surface area contributed by atoms with E-state index in [-0.39, 0.29) is 11.9 Å². The molecule has 0 aromatic carbocycles. The maximum Gasteiger partial charge on any atom is 0.246 e. The standard InChI is InChI=1S/C17H23N5O2/c1-13-19-16(20-24-13)12-22-10-4-6-15(11-22)21(2)17(23)8-7-14-5-3-9-18-14/h3,5,7-9,15,18H,4,6,10-12H2,1-2H3/b8-7+. The first-order valence-electron chi connectivity index (χ1n) is 8.21. The van der Waals surface area contributed by atoms with E-state index in [4.69, 9.17) is 4.52 Å². The molecule has 128 valence electrons. The third-order valence-corrected chi connectivity index (χ3v) is 4.34. The van der Waals surface area contributed by atoms with Crippen molar-refractivity contribution in [3.05, 3.63) is 41.8 Å². The average molecular weight is 329 g/mol. The van der Waals surface area contributed by atoms with Gasteiger partial charge in [0.2, 0.25) is 11.8 Å². The quantitative estimate of drug-likeness (QED) is 0.847. The van der Waals surface area contributed by atoms with Gasteiger partial charge in [-0.25, -0.2) is 0 Å². The third kappa shape index (κ3) is 4.11. The molecule has 1 aliphatic heterocycles. The maximum absolute atomic E-state index is 12.4. The highest BCUT2D eigenvalue weighted by Crippen LogP contribution is 2.17. The van der Waals surface area contributed by atoms with Crippen molar-refractivity contribution >= 4 is 12.0 Å². The van der Waals surface area contributed by atoms with Crippen molar-refractivity contribution in [1.29, 1.82) is 0 Å². The van der Waals surface area contributed by atoms with Crippen LogP contribution in [0.3, 0.4) is 0 Å². The van der Waals surface area contributed by atoms with Gasteiger partial charge in [0.15, 0.2) is 5.82 Å². The summed E-state index contributed by atoms with van der Waals surface area (Å²) < 4.78 is 5.02. The van der Waals surface area contributed by atoms with Crippen LogP contribution in [-0.4, -0.2) is 57.0 Å². The summed E-state index contributed by atoms with van der Waals surface area (Å²) >= 11 is 0. The van der Waals surface area contributed by atoms with Crippen molar-refractivity contribution in [3.8, 4) is 0 Å². The Labute approximate surface area is 141 Å². The van der Waals surface area contributed by atoms with Crippen molar-refractivity contribution in [2.45, 2.75) is 32.4 Å². The number of amides is 1. The normalized spacial score (nSPS) is 19.0. The molecule has 2 aromatic heterocycles. The first kappa shape index (κ1) is 16.4. The minimum absolute atomic E-state index is 0.0202. The largest absolute Gasteiger partial charge is 0.362 e. The van der Waals surface area contributed by atoms with Gasteiger partial charge in [0.25, 0.3) is 0 Å². The molecule has 7 heteroatoms. The summed E-state index contributed by atoms with van der Waals surface area (Å²) in [6, 6.07) is 4.04. The molecular formula is C17H23N5O2. The number of hydrogen-bond donors (Lipinski definition) is 1. The number of likely N-dealkylation sites (tertiary alicyclic amines) is 1. The summed E-state index contributed by atoms with van der Waals surface area (Å²) in [6.07, 6.45) is 7.33. The van der Waals surface area contributed by atoms with E-state index in [1.54, 1.807) is 13.0 Å². The number of nitrogens with zero attached hydrogens (tertiary/aromatic N) is 4. The number of nitrogens with one attached hydrogen (secondary N) is 1. The first-order chi connectivity index (χ1) is 11.6. The summed E-state index contributed by atoms with van der Waals surface area (Å²) in [5, 5.41) is 3.95. The second kappa shape index (κ2) is 7.44. The van der Waals surface area contributed by atoms with Crippen LogP contribution < -0.4 is 0 Å². The van der Waals surface area contributed by atoms with E-state index in [1.807, 2.05) is 36.4 Å². The molecule has 1 fully saturated rings. The lowest BCUT2D eigenvalue weighted by Crippen LogP contribution is -2.47. The number of aromatic nitrogens is 3. The molecule has 0 spiro atoms. The zero-order valence-electron chi connectivity index (χ0n) is 14.1. The molecule has 0 saturated carbocycles. The van der Waals surface area contributed by atoms with E-state index in [1.165, 1.54) is 0 Å². The van der Waals surface area contributed by atoms with Crippen molar-refractivity contribution in [2.24, 2.45) is 0 Å². The van der Waals surface area contributed by atoms with Gasteiger partial charge < -0.3 is 14.4 Å². The van der Waals surface area contributed by atoms with Crippen LogP contribution in [0.2, 0.25) is 0 Å². The number of piperidine rings is 1. The number of carbonyl (C=O) groups is 1. The van der Waals surface area contributed by atoms with E-state index in [0.717, 1.165) is 31.6 Å². The van der Waals surface area contributed by atoms with Gasteiger partial charge in [0.1, 0.15) is 0 Å². The highest BCUT2D eigenvalue weighted by molar-refractivity contribution is 5.91. The zero-order valence-corrected chi connectivity index (χ0v) is 14.1. The SMILES string of the molecule is Cc1nc(CN2CCCC(N(C)C(=O)/C=C/c3ccc[nH]3)C2)no1. The minimum Gasteiger partial charge on any atom is -0.362 e. The molecule has 1 amide bonds. The minimum atomic E-state index is 0.0202. The van der Waals surface area contributed by atoms with Gasteiger partial charge in [0.05, 0.1) is 6.54 Å². The molecule has 1 aliphatic rings. The lowest BCUT2D eigenvalue weighted by atomic mass is 10.0. The number of aryl methyl sites for hydroxylation is 1. The van der Waals surface area contributed by atoms with Crippen LogP contribution in [-0.2, 0) is 11.3 Å². The van der Waals surface area contributed by atoms with E-state index < -0.39 is 0 Å². The Hall–Kier alpha value is -2.41. The molecule has 3 heterocycles. The summed E-state index contributed by atoms with van der Waals surface area (Å²) in [6.45, 7) is 4.27. The molecule has 1 atom stereocenters. The van der Waals surface area contributed by atoms with Gasteiger partial charge >= 0.3 is 0 Å². The number of hydrogen-bond acceptors (Lipinski definition) is 5. The monoisotopic (exact) mass is 329 g/mol. The van der Waals surface area contributed by atoms with Crippen LogP contribution in [0, 0.1) is 6.92 Å². The van der Waals surface area contributed by atoms with Crippen LogP contribution in [0.5, 0.6) is 0 Å². The Balaban J connectivity index is 1.56. The highest BCUT2D eigenvalue weighted by Gasteiger charge is 2.26. The van der Waals surface area contributed by atoms with Crippen LogP contribution in [0.4, 0.5) is 0 Å². The van der Waals surface area contributed by atoms with Crippen LogP contribution in [0.25, 0.3) is 6.08 Å². The molecule has 24 heavy (non-hydrogen) atoms. The van der Waals surface area contributed by atoms with Gasteiger partial charge in [-0.1, -0.05) is 5.16 Å². The Kier molecular flexibility index (Phi) is 5.10. The maximum atomic E-state index is 12.4. The van der Waals surface area contributed by atoms with Crippen molar-refractivity contribution < 1.29 is 9.32 Å². The zero-order chi connectivity index (χ0) is 16.9. The molecule has 0 aliphatic carbocycles. The molecule has 3 rings (SSSR count). The lowest BCUT2D eigenvalue weighted by Gasteiger charge is -2.36. The summed E-state index contributed by atoms with van der Waals surface area (Å²) in [7, 11) is 1.87. The number of aromatic amines is 1. The van der Waals surface area contributed by atoms with Crippen LogP contribution in [0.1, 0.15) is 30.3 Å². The Morgan fingerprint density at radius 2 is 2.46 bits per heavy atom. The predicted molar refractivity (Wildman–Crippen MR) is 89.9 cm³/mol. The Bertz CT molecular complexity index is 692. The summed E-state index contributed by atoms with van der Waals surface area (Å²) in [5.74, 6) is 1.31. The van der Waals surface area contributed by atoms with Gasteiger partial charge in [0, 0.05) is 44.5 Å². The molecule has 1 N–H and O–H groups in total. The molecule has 1 unspecified atom stereocenters. The van der Waals surface area contributed by atoms with Gasteiger partial charge in [-0.05, 0) is 37.6 Å². The predicted octanol–water partition coefficient (Wildman–Crippen LogP) is 1.84. The molecule has 0 bridgehead atoms.